The van der Waals surface area contributed by atoms with Crippen molar-refractivity contribution in [2.75, 3.05) is 45.8 Å². The average molecular weight is 747 g/mol. The summed E-state index contributed by atoms with van der Waals surface area (Å²) < 4.78 is 20.7. The number of unbranched alkanes of at least 4 members (excludes halogenated alkanes) is 2. The van der Waals surface area contributed by atoms with Crippen LogP contribution in [0.15, 0.2) is 82.9 Å². The Balaban J connectivity index is 1.47. The maximum absolute atomic E-state index is 14.2. The summed E-state index contributed by atoms with van der Waals surface area (Å²) in [4.78, 5) is 23.0. The molecule has 0 saturated heterocycles. The number of aliphatic hydroxyl groups excluding tert-OH is 2. The second kappa shape index (κ2) is 18.8. The Morgan fingerprint density at radius 2 is 1.87 bits per heavy atom. The fraction of sp³-hybridized carbons (Fsp3) is 0.581. The molecule has 2 aromatic rings. The topological polar surface area (TPSA) is 110 Å². The number of hydrogen-bond acceptors (Lipinski definition) is 9. The first kappa shape index (κ1) is 39.4. The Bertz CT molecular complexity index is 1580. The molecule has 6 unspecified atom stereocenters. The molecule has 4 aliphatic rings. The molecule has 2 fully saturated rings. The molecule has 9 nitrogen and oxygen atoms in total. The first-order valence-electron chi connectivity index (χ1n) is 19.7. The monoisotopic (exact) mass is 746 g/mol. The van der Waals surface area contributed by atoms with E-state index >= 15 is 0 Å². The molecule has 0 aromatic heterocycles. The minimum atomic E-state index is -1.20. The average Bonchev–Trinajstić information content (AvgIpc) is 4.03. The number of hydrogen-bond donors (Lipinski definition) is 2. The first-order chi connectivity index (χ1) is 26.0. The molecular weight excluding hydrogens is 689 g/mol. The van der Waals surface area contributed by atoms with E-state index in [0.717, 1.165) is 91.9 Å². The van der Waals surface area contributed by atoms with Crippen LogP contribution in [0.4, 0.5) is 0 Å². The number of thioether (sulfide) groups is 1. The highest BCUT2D eigenvalue weighted by atomic mass is 32.2. The predicted molar refractivity (Wildman–Crippen MR) is 209 cm³/mol. The second-order valence-electron chi connectivity index (χ2n) is 14.8. The van der Waals surface area contributed by atoms with Gasteiger partial charge in [-0.15, -0.1) is 18.3 Å². The number of ether oxygens (including phenoxy) is 3. The van der Waals surface area contributed by atoms with Crippen molar-refractivity contribution in [2.24, 2.45) is 28.8 Å². The van der Waals surface area contributed by atoms with Gasteiger partial charge in [0, 0.05) is 54.2 Å². The van der Waals surface area contributed by atoms with Gasteiger partial charge >= 0.3 is 0 Å². The van der Waals surface area contributed by atoms with Gasteiger partial charge in [-0.3, -0.25) is 4.79 Å². The van der Waals surface area contributed by atoms with Crippen LogP contribution in [-0.4, -0.2) is 84.4 Å². The van der Waals surface area contributed by atoms with Gasteiger partial charge in [0.25, 0.3) is 0 Å². The minimum Gasteiger partial charge on any atom is -0.493 e. The van der Waals surface area contributed by atoms with Gasteiger partial charge in [0.1, 0.15) is 24.7 Å². The summed E-state index contributed by atoms with van der Waals surface area (Å²) in [6.45, 7) is 7.83. The number of allylic oxidation sites excluding steroid dienone is 1. The molecule has 2 N–H and O–H groups in total. The van der Waals surface area contributed by atoms with Crippen molar-refractivity contribution >= 4 is 23.4 Å². The largest absolute Gasteiger partial charge is 0.493 e. The third-order valence-corrected chi connectivity index (χ3v) is 12.2. The zero-order valence-electron chi connectivity index (χ0n) is 31.5. The molecule has 0 spiro atoms. The lowest BCUT2D eigenvalue weighted by molar-refractivity contribution is -0.257. The van der Waals surface area contributed by atoms with E-state index in [9.17, 15) is 15.0 Å². The summed E-state index contributed by atoms with van der Waals surface area (Å²) in [5, 5.41) is 24.3. The molecule has 6 rings (SSSR count). The van der Waals surface area contributed by atoms with Gasteiger partial charge in [-0.2, -0.15) is 0 Å². The Hall–Kier alpha value is -3.31. The van der Waals surface area contributed by atoms with E-state index in [1.807, 2.05) is 35.2 Å². The maximum Gasteiger partial charge on any atom is 0.239 e. The highest BCUT2D eigenvalue weighted by Crippen LogP contribution is 2.62. The Morgan fingerprint density at radius 1 is 1.09 bits per heavy atom. The quantitative estimate of drug-likeness (QED) is 0.0578. The highest BCUT2D eigenvalue weighted by Gasteiger charge is 2.65. The standard InChI is InChI=1S/C43H58N2O7S/c1-4-21-45(42(48)30-17-18-30)39-29-37(44-49-3)35-27-31(13-9-11-22-46)34(16-10-12-23-47)40-36-28-32(50-25-26-53-33-14-7-6-8-15-33)19-20-38(36)52-43(39,41(35)40)51-24-5-2/h5-8,14-15,19-20,27-28,30-31,34,39-41,46-47H,2,4,9-13,16-18,21-26,29H2,1,3H3. The number of carbonyl (C=O) groups excluding carboxylic acids is 1. The van der Waals surface area contributed by atoms with E-state index < -0.39 is 11.8 Å². The number of amides is 1. The summed E-state index contributed by atoms with van der Waals surface area (Å²) in [6.07, 6.45) is 12.2. The van der Waals surface area contributed by atoms with Crippen LogP contribution >= 0.6 is 11.8 Å². The van der Waals surface area contributed by atoms with Gasteiger partial charge in [0.15, 0.2) is 0 Å². The molecule has 10 heteroatoms. The molecule has 2 aromatic carbocycles. The van der Waals surface area contributed by atoms with Gasteiger partial charge < -0.3 is 34.2 Å². The van der Waals surface area contributed by atoms with E-state index in [-0.39, 0.29) is 55.3 Å². The van der Waals surface area contributed by atoms with Gasteiger partial charge in [-0.25, -0.2) is 0 Å². The Morgan fingerprint density at radius 3 is 2.57 bits per heavy atom. The third kappa shape index (κ3) is 8.82. The van der Waals surface area contributed by atoms with Crippen molar-refractivity contribution in [2.45, 2.75) is 93.8 Å². The van der Waals surface area contributed by atoms with Crippen molar-refractivity contribution < 1.29 is 34.1 Å². The number of oxime groups is 1. The normalized spacial score (nSPS) is 26.5. The predicted octanol–water partition coefficient (Wildman–Crippen LogP) is 7.77. The molecule has 0 bridgehead atoms. The van der Waals surface area contributed by atoms with Crippen LogP contribution in [0.1, 0.15) is 82.6 Å². The summed E-state index contributed by atoms with van der Waals surface area (Å²) in [5.74, 6) is 1.32. The van der Waals surface area contributed by atoms with Crippen LogP contribution in [0.25, 0.3) is 0 Å². The van der Waals surface area contributed by atoms with Crippen LogP contribution in [-0.2, 0) is 14.4 Å². The SMILES string of the molecule is C=CCOC12Oc3ccc(OCCSc4ccccc4)cc3C3C(CCCCO)C(CCCCO)C=C(C(=NOC)CC1N(CCC)C(=O)C1CC1)C32. The van der Waals surface area contributed by atoms with Crippen molar-refractivity contribution in [3.05, 3.63) is 78.4 Å². The molecule has 53 heavy (non-hydrogen) atoms. The second-order valence-corrected chi connectivity index (χ2v) is 15.9. The fourth-order valence-electron chi connectivity index (χ4n) is 8.91. The van der Waals surface area contributed by atoms with E-state index in [2.05, 4.69) is 42.9 Å². The minimum absolute atomic E-state index is 0.0256. The molecule has 0 radical (unpaired) electrons. The first-order valence-corrected chi connectivity index (χ1v) is 20.7. The van der Waals surface area contributed by atoms with Crippen molar-refractivity contribution in [1.29, 1.82) is 0 Å². The van der Waals surface area contributed by atoms with E-state index in [1.54, 1.807) is 24.9 Å². The molecule has 3 aliphatic carbocycles. The molecule has 1 amide bonds. The summed E-state index contributed by atoms with van der Waals surface area (Å²) in [7, 11) is 1.58. The highest BCUT2D eigenvalue weighted by molar-refractivity contribution is 7.99. The third-order valence-electron chi connectivity index (χ3n) is 11.3. The van der Waals surface area contributed by atoms with Crippen molar-refractivity contribution in [3.63, 3.8) is 0 Å². The number of rotatable bonds is 21. The van der Waals surface area contributed by atoms with Crippen LogP contribution < -0.4 is 9.47 Å². The zero-order chi connectivity index (χ0) is 37.2. The van der Waals surface area contributed by atoms with Crippen LogP contribution in [0, 0.1) is 23.7 Å². The van der Waals surface area contributed by atoms with Gasteiger partial charge in [-0.05, 0) is 92.7 Å². The van der Waals surface area contributed by atoms with Crippen molar-refractivity contribution in [3.8, 4) is 11.5 Å². The van der Waals surface area contributed by atoms with Crippen LogP contribution in [0.3, 0.4) is 0 Å². The van der Waals surface area contributed by atoms with Gasteiger partial charge in [0.2, 0.25) is 11.7 Å². The Kier molecular flexibility index (Phi) is 14.0. The maximum atomic E-state index is 14.2. The van der Waals surface area contributed by atoms with Crippen LogP contribution in [0.2, 0.25) is 0 Å². The van der Waals surface area contributed by atoms with Gasteiger partial charge in [-0.1, -0.05) is 55.3 Å². The number of benzene rings is 2. The van der Waals surface area contributed by atoms with E-state index in [0.29, 0.717) is 19.6 Å². The molecular formula is C43H58N2O7S. The molecule has 2 saturated carbocycles. The lowest BCUT2D eigenvalue weighted by Gasteiger charge is -2.60. The molecule has 288 valence electrons. The lowest BCUT2D eigenvalue weighted by atomic mass is 9.55. The van der Waals surface area contributed by atoms with Crippen LogP contribution in [0.5, 0.6) is 11.5 Å². The fourth-order valence-corrected chi connectivity index (χ4v) is 9.66. The summed E-state index contributed by atoms with van der Waals surface area (Å²) in [6, 6.07) is 16.1. The number of aliphatic hydroxyl groups is 2. The van der Waals surface area contributed by atoms with Crippen molar-refractivity contribution in [1.82, 2.24) is 4.90 Å². The number of carbonyl (C=O) groups is 1. The zero-order valence-corrected chi connectivity index (χ0v) is 32.3. The van der Waals surface area contributed by atoms with Gasteiger partial charge in [0.05, 0.1) is 24.8 Å². The molecule has 1 aliphatic heterocycles. The summed E-state index contributed by atoms with van der Waals surface area (Å²) >= 11 is 1.77. The Labute approximate surface area is 319 Å². The van der Waals surface area contributed by atoms with E-state index in [1.165, 1.54) is 4.90 Å². The summed E-state index contributed by atoms with van der Waals surface area (Å²) in [5.41, 5.74) is 2.95. The smallest absolute Gasteiger partial charge is 0.239 e. The lowest BCUT2D eigenvalue weighted by Crippen LogP contribution is -2.70. The van der Waals surface area contributed by atoms with E-state index in [4.69, 9.17) is 19.0 Å². The number of fused-ring (bicyclic) bond motifs is 2. The molecule has 6 atom stereocenters. The number of nitrogens with zero attached hydrogens (tertiary/aromatic N) is 2. The molecule has 1 heterocycles.